The minimum Gasteiger partial charge on any atom is -0.431 e. The number of hydrogen-bond donors (Lipinski definition) is 5. The number of carbonyl (C=O) groups is 4. The minimum atomic E-state index is -0.840. The highest BCUT2D eigenvalue weighted by atomic mass is 16.7. The summed E-state index contributed by atoms with van der Waals surface area (Å²) >= 11 is 0. The van der Waals surface area contributed by atoms with Crippen molar-refractivity contribution >= 4 is 35.3 Å². The topological polar surface area (TPSA) is 174 Å². The lowest BCUT2D eigenvalue weighted by atomic mass is 9.47. The van der Waals surface area contributed by atoms with Crippen LogP contribution in [-0.2, 0) is 25.7 Å². The number of amides is 4. The molecule has 1 aromatic heterocycles. The van der Waals surface area contributed by atoms with Gasteiger partial charge in [-0.15, -0.1) is 0 Å². The molecule has 6 rings (SSSR count). The molecule has 1 heterocycles. The van der Waals surface area contributed by atoms with Gasteiger partial charge in [0.15, 0.2) is 0 Å². The van der Waals surface area contributed by atoms with Crippen molar-refractivity contribution in [2.75, 3.05) is 11.9 Å². The number of primary amides is 1. The highest BCUT2D eigenvalue weighted by Crippen LogP contribution is 2.66. The van der Waals surface area contributed by atoms with Crippen LogP contribution in [0.4, 0.5) is 15.3 Å². The van der Waals surface area contributed by atoms with Crippen molar-refractivity contribution in [3.05, 3.63) is 77.6 Å². The largest absolute Gasteiger partial charge is 0.508 e. The molecule has 0 spiro atoms. The molecule has 0 bridgehead atoms. The molecule has 2 aromatic rings. The van der Waals surface area contributed by atoms with E-state index in [0.717, 1.165) is 37.7 Å². The molecule has 0 aliphatic heterocycles. The number of fused-ring (bicyclic) bond motifs is 5. The standard InChI is InChI=1S/C46H64N6O6/c1-28(2)40(50-29(3)4)42(54)52-39(10-8-24-49-43(47)55)41(53)51-33-14-11-30(12-15-33)27-57-44(56)58-34-19-21-45(5)32(25-34)13-16-35-37-18-17-36(31-9-7-23-48-26-31)46(37,6)22-20-38(35)45/h7,9,11-15,17,23,26,28-29,34-35,37-40,50H,8,10,16,18-22,24-25,27H2,1-6H3,(H,51,53)(H,52,54)(H3,47,49,55)/t34-,35-,37-,38-,39-,40-,45-,46+/m0/s1. The van der Waals surface area contributed by atoms with Crippen molar-refractivity contribution in [1.29, 1.82) is 0 Å². The zero-order chi connectivity index (χ0) is 41.6. The zero-order valence-corrected chi connectivity index (χ0v) is 35.1. The number of hydrogen-bond acceptors (Lipinski definition) is 8. The van der Waals surface area contributed by atoms with Gasteiger partial charge in [-0.3, -0.25) is 14.6 Å². The first-order chi connectivity index (χ1) is 27.7. The van der Waals surface area contributed by atoms with Gasteiger partial charge in [0.2, 0.25) is 11.8 Å². The van der Waals surface area contributed by atoms with E-state index in [0.29, 0.717) is 36.3 Å². The van der Waals surface area contributed by atoms with Crippen molar-refractivity contribution < 1.29 is 28.7 Å². The first kappa shape index (κ1) is 42.9. The Hall–Kier alpha value is -4.71. The summed E-state index contributed by atoms with van der Waals surface area (Å²) in [5.41, 5.74) is 11.0. The van der Waals surface area contributed by atoms with Crippen LogP contribution >= 0.6 is 0 Å². The molecule has 4 aliphatic carbocycles. The Morgan fingerprint density at radius 1 is 0.931 bits per heavy atom. The molecule has 58 heavy (non-hydrogen) atoms. The zero-order valence-electron chi connectivity index (χ0n) is 35.1. The number of allylic oxidation sites excluding steroid dienone is 3. The molecule has 12 heteroatoms. The van der Waals surface area contributed by atoms with Crippen molar-refractivity contribution in [1.82, 2.24) is 20.9 Å². The number of rotatable bonds is 15. The van der Waals surface area contributed by atoms with Gasteiger partial charge in [0.25, 0.3) is 0 Å². The molecular weight excluding hydrogens is 733 g/mol. The molecule has 0 unspecified atom stereocenters. The summed E-state index contributed by atoms with van der Waals surface area (Å²) in [4.78, 5) is 55.2. The quantitative estimate of drug-likeness (QED) is 0.0694. The first-order valence-corrected chi connectivity index (χ1v) is 21.3. The Morgan fingerprint density at radius 2 is 1.69 bits per heavy atom. The van der Waals surface area contributed by atoms with Crippen LogP contribution in [0.15, 0.2) is 66.5 Å². The third kappa shape index (κ3) is 9.76. The maximum atomic E-state index is 13.4. The van der Waals surface area contributed by atoms with Crippen molar-refractivity contribution in [3.63, 3.8) is 0 Å². The summed E-state index contributed by atoms with van der Waals surface area (Å²) in [7, 11) is 0. The fourth-order valence-corrected chi connectivity index (χ4v) is 10.5. The number of anilines is 1. The normalized spacial score (nSPS) is 27.2. The summed E-state index contributed by atoms with van der Waals surface area (Å²) in [5, 5.41) is 11.6. The van der Waals surface area contributed by atoms with E-state index in [9.17, 15) is 19.2 Å². The number of ether oxygens (including phenoxy) is 2. The number of benzene rings is 1. The molecule has 4 amide bonds. The molecule has 0 radical (unpaired) electrons. The lowest BCUT2D eigenvalue weighted by Crippen LogP contribution is -2.54. The molecule has 12 nitrogen and oxygen atoms in total. The highest BCUT2D eigenvalue weighted by Gasteiger charge is 2.57. The lowest BCUT2D eigenvalue weighted by molar-refractivity contribution is -0.129. The highest BCUT2D eigenvalue weighted by molar-refractivity contribution is 5.98. The molecule has 6 N–H and O–H groups in total. The molecule has 0 saturated heterocycles. The smallest absolute Gasteiger partial charge is 0.431 e. The molecule has 4 aliphatic rings. The predicted octanol–water partition coefficient (Wildman–Crippen LogP) is 7.65. The van der Waals surface area contributed by atoms with Gasteiger partial charge in [-0.05, 0) is 121 Å². The average molecular weight is 797 g/mol. The fourth-order valence-electron chi connectivity index (χ4n) is 10.5. The van der Waals surface area contributed by atoms with E-state index in [4.69, 9.17) is 15.2 Å². The number of nitrogens with one attached hydrogen (secondary N) is 4. The second kappa shape index (κ2) is 18.5. The summed E-state index contributed by atoms with van der Waals surface area (Å²) in [6.45, 7) is 13.1. The minimum absolute atomic E-state index is 0.00198. The van der Waals surface area contributed by atoms with Gasteiger partial charge in [-0.25, -0.2) is 9.59 Å². The summed E-state index contributed by atoms with van der Waals surface area (Å²) in [6.07, 6.45) is 15.8. The Bertz CT molecular complexity index is 1850. The third-order valence-corrected chi connectivity index (χ3v) is 13.5. The van der Waals surface area contributed by atoms with E-state index in [1.165, 1.54) is 29.6 Å². The van der Waals surface area contributed by atoms with Gasteiger partial charge < -0.3 is 36.5 Å². The van der Waals surface area contributed by atoms with Crippen molar-refractivity contribution in [2.24, 2.45) is 40.2 Å². The van der Waals surface area contributed by atoms with Crippen LogP contribution < -0.4 is 27.0 Å². The van der Waals surface area contributed by atoms with Gasteiger partial charge in [-0.2, -0.15) is 0 Å². The van der Waals surface area contributed by atoms with E-state index in [1.54, 1.807) is 24.3 Å². The molecule has 314 valence electrons. The van der Waals surface area contributed by atoms with Crippen molar-refractivity contribution in [2.45, 2.75) is 130 Å². The maximum Gasteiger partial charge on any atom is 0.508 e. The first-order valence-electron chi connectivity index (χ1n) is 21.3. The molecule has 1 aromatic carbocycles. The second-order valence-electron chi connectivity index (χ2n) is 18.1. The van der Waals surface area contributed by atoms with E-state index < -0.39 is 24.3 Å². The monoisotopic (exact) mass is 796 g/mol. The summed E-state index contributed by atoms with van der Waals surface area (Å²) in [6, 6.07) is 9.37. The Labute approximate surface area is 343 Å². The van der Waals surface area contributed by atoms with Gasteiger partial charge in [-0.1, -0.05) is 77.5 Å². The summed E-state index contributed by atoms with van der Waals surface area (Å²) in [5.74, 6) is 1.26. The van der Waals surface area contributed by atoms with Crippen LogP contribution in [-0.4, -0.2) is 59.8 Å². The molecule has 2 fully saturated rings. The van der Waals surface area contributed by atoms with E-state index in [1.807, 2.05) is 46.2 Å². The molecule has 2 saturated carbocycles. The van der Waals surface area contributed by atoms with Crippen molar-refractivity contribution in [3.8, 4) is 0 Å². The Balaban J connectivity index is 0.987. The van der Waals surface area contributed by atoms with E-state index in [-0.39, 0.29) is 53.9 Å². The van der Waals surface area contributed by atoms with Crippen LogP contribution in [0.1, 0.15) is 110 Å². The van der Waals surface area contributed by atoms with Crippen LogP contribution in [0, 0.1) is 34.5 Å². The van der Waals surface area contributed by atoms with E-state index >= 15 is 0 Å². The van der Waals surface area contributed by atoms with Gasteiger partial charge >= 0.3 is 12.2 Å². The Kier molecular flexibility index (Phi) is 13.7. The molecule has 8 atom stereocenters. The van der Waals surface area contributed by atoms with Crippen LogP contribution in [0.2, 0.25) is 0 Å². The molecular formula is C46H64N6O6. The van der Waals surface area contributed by atoms with E-state index in [2.05, 4.69) is 58.3 Å². The maximum absolute atomic E-state index is 13.4. The van der Waals surface area contributed by atoms with Gasteiger partial charge in [0.05, 0.1) is 6.04 Å². The number of carbonyl (C=O) groups excluding carboxylic acids is 4. The lowest BCUT2D eigenvalue weighted by Gasteiger charge is -2.57. The fraction of sp³-hybridized carbons (Fsp3) is 0.587. The number of aromatic nitrogens is 1. The van der Waals surface area contributed by atoms with Crippen LogP contribution in [0.5, 0.6) is 0 Å². The van der Waals surface area contributed by atoms with Crippen LogP contribution in [0.25, 0.3) is 5.57 Å². The predicted molar refractivity (Wildman–Crippen MR) is 225 cm³/mol. The second-order valence-corrected chi connectivity index (χ2v) is 18.1. The van der Waals surface area contributed by atoms with Crippen LogP contribution in [0.3, 0.4) is 0 Å². The van der Waals surface area contributed by atoms with Gasteiger partial charge in [0, 0.05) is 37.1 Å². The SMILES string of the molecule is CC(C)N[C@H](C(=O)N[C@@H](CCCNC(N)=O)C(=O)Nc1ccc(COC(=O)O[C@H]2CC[C@@]3(C)C(=CC[C@@H]4[C@@H]3CC[C@]3(C)C(c5cccnc5)=CC[C@@H]43)C2)cc1)C(C)C. The number of nitrogens with two attached hydrogens (primary N) is 1. The third-order valence-electron chi connectivity index (χ3n) is 13.5. The summed E-state index contributed by atoms with van der Waals surface area (Å²) < 4.78 is 11.4. The van der Waals surface area contributed by atoms with Gasteiger partial charge in [0.1, 0.15) is 18.8 Å². The number of pyridine rings is 1. The average Bonchev–Trinajstić information content (AvgIpc) is 3.55. The number of nitrogens with zero attached hydrogens (tertiary/aromatic N) is 1. The Morgan fingerprint density at radius 3 is 2.38 bits per heavy atom. The number of urea groups is 1.